The van der Waals surface area contributed by atoms with Gasteiger partial charge in [0, 0.05) is 11.4 Å². The Bertz CT molecular complexity index is 532. The maximum Gasteiger partial charge on any atom is 0.250 e. The molecule has 6 heteroatoms. The first-order chi connectivity index (χ1) is 10.0. The Balaban J connectivity index is 1.86. The summed E-state index contributed by atoms with van der Waals surface area (Å²) in [7, 11) is -3.35. The Labute approximate surface area is 132 Å². The van der Waals surface area contributed by atoms with E-state index in [0.29, 0.717) is 23.2 Å². The fraction of sp³-hybridized carbons (Fsp3) is 0.733. The van der Waals surface area contributed by atoms with Crippen molar-refractivity contribution in [2.24, 2.45) is 17.6 Å². The van der Waals surface area contributed by atoms with Crippen LogP contribution in [0.3, 0.4) is 0 Å². The fourth-order valence-corrected chi connectivity index (χ4v) is 5.45. The SMILES string of the molecule is CCC1CCC(CNS(=O)(=O)c2ccc(CCN)s2)CC1. The standard InChI is InChI=1S/C15H26N2O2S2/c1-2-12-3-5-13(6-4-12)11-17-21(18,19)15-8-7-14(20-15)9-10-16/h7-8,12-13,17H,2-6,9-11,16H2,1H3. The highest BCUT2D eigenvalue weighted by Gasteiger charge is 2.23. The number of nitrogens with two attached hydrogens (primary N) is 1. The van der Waals surface area contributed by atoms with Gasteiger partial charge in [-0.1, -0.05) is 26.2 Å². The molecule has 4 nitrogen and oxygen atoms in total. The van der Waals surface area contributed by atoms with Gasteiger partial charge in [0.2, 0.25) is 10.0 Å². The predicted octanol–water partition coefficient (Wildman–Crippen LogP) is 2.74. The summed E-state index contributed by atoms with van der Waals surface area (Å²) >= 11 is 1.32. The number of hydrogen-bond donors (Lipinski definition) is 2. The monoisotopic (exact) mass is 330 g/mol. The zero-order valence-electron chi connectivity index (χ0n) is 12.7. The van der Waals surface area contributed by atoms with Crippen molar-refractivity contribution in [1.29, 1.82) is 0 Å². The summed E-state index contributed by atoms with van der Waals surface area (Å²) in [5, 5.41) is 0. The van der Waals surface area contributed by atoms with Crippen LogP contribution in [0.2, 0.25) is 0 Å². The van der Waals surface area contributed by atoms with E-state index in [1.54, 1.807) is 6.07 Å². The quantitative estimate of drug-likeness (QED) is 0.807. The van der Waals surface area contributed by atoms with Gasteiger partial charge in [-0.25, -0.2) is 13.1 Å². The molecule has 0 saturated heterocycles. The van der Waals surface area contributed by atoms with Crippen molar-refractivity contribution < 1.29 is 8.42 Å². The predicted molar refractivity (Wildman–Crippen MR) is 88.0 cm³/mol. The van der Waals surface area contributed by atoms with Crippen LogP contribution in [-0.4, -0.2) is 21.5 Å². The molecule has 0 bridgehead atoms. The van der Waals surface area contributed by atoms with E-state index in [9.17, 15) is 8.42 Å². The van der Waals surface area contributed by atoms with E-state index in [1.165, 1.54) is 30.6 Å². The van der Waals surface area contributed by atoms with Crippen LogP contribution in [0.1, 0.15) is 43.9 Å². The lowest BCUT2D eigenvalue weighted by Crippen LogP contribution is -2.30. The summed E-state index contributed by atoms with van der Waals surface area (Å²) in [5.74, 6) is 1.33. The lowest BCUT2D eigenvalue weighted by Gasteiger charge is -2.27. The molecule has 3 N–H and O–H groups in total. The minimum Gasteiger partial charge on any atom is -0.330 e. The van der Waals surface area contributed by atoms with Crippen LogP contribution in [0.5, 0.6) is 0 Å². The van der Waals surface area contributed by atoms with Gasteiger partial charge in [0.05, 0.1) is 0 Å². The van der Waals surface area contributed by atoms with E-state index in [-0.39, 0.29) is 0 Å². The highest BCUT2D eigenvalue weighted by Crippen LogP contribution is 2.30. The lowest BCUT2D eigenvalue weighted by molar-refractivity contribution is 0.270. The Kier molecular flexibility index (Phi) is 6.22. The van der Waals surface area contributed by atoms with Gasteiger partial charge >= 0.3 is 0 Å². The van der Waals surface area contributed by atoms with Gasteiger partial charge in [0.25, 0.3) is 0 Å². The first-order valence-corrected chi connectivity index (χ1v) is 10.1. The normalized spacial score (nSPS) is 23.3. The van der Waals surface area contributed by atoms with E-state index < -0.39 is 10.0 Å². The Morgan fingerprint density at radius 1 is 1.24 bits per heavy atom. The van der Waals surface area contributed by atoms with Crippen molar-refractivity contribution in [1.82, 2.24) is 4.72 Å². The minimum atomic E-state index is -3.35. The number of hydrogen-bond acceptors (Lipinski definition) is 4. The maximum absolute atomic E-state index is 12.3. The second kappa shape index (κ2) is 7.72. The Hall–Kier alpha value is -0.430. The van der Waals surface area contributed by atoms with E-state index in [0.717, 1.165) is 30.1 Å². The van der Waals surface area contributed by atoms with Crippen molar-refractivity contribution in [3.8, 4) is 0 Å². The topological polar surface area (TPSA) is 72.2 Å². The number of rotatable bonds is 7. The molecule has 0 amide bonds. The highest BCUT2D eigenvalue weighted by molar-refractivity contribution is 7.91. The van der Waals surface area contributed by atoms with E-state index >= 15 is 0 Å². The summed E-state index contributed by atoms with van der Waals surface area (Å²) in [6, 6.07) is 3.55. The molecule has 0 unspecified atom stereocenters. The molecule has 0 aliphatic heterocycles. The average molecular weight is 331 g/mol. The average Bonchev–Trinajstić information content (AvgIpc) is 2.96. The maximum atomic E-state index is 12.3. The van der Waals surface area contributed by atoms with Crippen LogP contribution in [0, 0.1) is 11.8 Å². The van der Waals surface area contributed by atoms with Crippen molar-refractivity contribution in [3.63, 3.8) is 0 Å². The largest absolute Gasteiger partial charge is 0.330 e. The van der Waals surface area contributed by atoms with Gasteiger partial charge in [-0.05, 0) is 49.8 Å². The molecule has 2 rings (SSSR count). The van der Waals surface area contributed by atoms with Gasteiger partial charge in [-0.2, -0.15) is 0 Å². The van der Waals surface area contributed by atoms with Gasteiger partial charge in [-0.3, -0.25) is 0 Å². The molecule has 1 aliphatic carbocycles. The summed E-state index contributed by atoms with van der Waals surface area (Å²) in [6.07, 6.45) is 6.75. The summed E-state index contributed by atoms with van der Waals surface area (Å²) in [5.41, 5.74) is 5.50. The smallest absolute Gasteiger partial charge is 0.250 e. The molecule has 1 heterocycles. The van der Waals surface area contributed by atoms with Crippen molar-refractivity contribution in [3.05, 3.63) is 17.0 Å². The first kappa shape index (κ1) is 16.9. The van der Waals surface area contributed by atoms with Crippen LogP contribution in [0.4, 0.5) is 0 Å². The summed E-state index contributed by atoms with van der Waals surface area (Å²) in [6.45, 7) is 3.36. The molecule has 0 spiro atoms. The molecule has 120 valence electrons. The zero-order chi connectivity index (χ0) is 15.3. The van der Waals surface area contributed by atoms with Gasteiger partial charge in [-0.15, -0.1) is 11.3 Å². The van der Waals surface area contributed by atoms with Crippen LogP contribution < -0.4 is 10.5 Å². The third kappa shape index (κ3) is 4.77. The highest BCUT2D eigenvalue weighted by atomic mass is 32.2. The van der Waals surface area contributed by atoms with Crippen LogP contribution >= 0.6 is 11.3 Å². The lowest BCUT2D eigenvalue weighted by atomic mass is 9.81. The molecule has 21 heavy (non-hydrogen) atoms. The van der Waals surface area contributed by atoms with Crippen molar-refractivity contribution in [2.45, 2.75) is 49.7 Å². The Morgan fingerprint density at radius 3 is 2.52 bits per heavy atom. The van der Waals surface area contributed by atoms with Crippen LogP contribution in [-0.2, 0) is 16.4 Å². The third-order valence-corrected chi connectivity index (χ3v) is 7.46. The number of nitrogens with one attached hydrogen (secondary N) is 1. The minimum absolute atomic E-state index is 0.410. The number of thiophene rings is 1. The second-order valence-corrected chi connectivity index (χ2v) is 9.07. The van der Waals surface area contributed by atoms with Gasteiger partial charge in [0.1, 0.15) is 4.21 Å². The molecule has 0 radical (unpaired) electrons. The molecule has 1 saturated carbocycles. The molecular formula is C15H26N2O2S2. The summed E-state index contributed by atoms with van der Waals surface area (Å²) < 4.78 is 27.8. The summed E-state index contributed by atoms with van der Waals surface area (Å²) in [4.78, 5) is 1.03. The fourth-order valence-electron chi connectivity index (χ4n) is 2.92. The zero-order valence-corrected chi connectivity index (χ0v) is 14.3. The second-order valence-electron chi connectivity index (χ2n) is 5.91. The van der Waals surface area contributed by atoms with Crippen molar-refractivity contribution in [2.75, 3.05) is 13.1 Å². The molecule has 1 fully saturated rings. The Morgan fingerprint density at radius 2 is 1.90 bits per heavy atom. The third-order valence-electron chi connectivity index (χ3n) is 4.40. The molecule has 0 aromatic carbocycles. The van der Waals surface area contributed by atoms with Crippen molar-refractivity contribution >= 4 is 21.4 Å². The van der Waals surface area contributed by atoms with Crippen LogP contribution in [0.15, 0.2) is 16.3 Å². The molecule has 1 aromatic rings. The van der Waals surface area contributed by atoms with Gasteiger partial charge < -0.3 is 5.73 Å². The molecule has 1 aliphatic rings. The first-order valence-electron chi connectivity index (χ1n) is 7.83. The van der Waals surface area contributed by atoms with E-state index in [1.807, 2.05) is 6.07 Å². The van der Waals surface area contributed by atoms with E-state index in [4.69, 9.17) is 5.73 Å². The van der Waals surface area contributed by atoms with Crippen LogP contribution in [0.25, 0.3) is 0 Å². The molecule has 0 atom stereocenters. The number of sulfonamides is 1. The molecule has 1 aromatic heterocycles. The molecular weight excluding hydrogens is 304 g/mol. The van der Waals surface area contributed by atoms with Gasteiger partial charge in [0.15, 0.2) is 0 Å². The van der Waals surface area contributed by atoms with E-state index in [2.05, 4.69) is 11.6 Å².